The first kappa shape index (κ1) is 16.1. The third kappa shape index (κ3) is 3.90. The van der Waals surface area contributed by atoms with Crippen LogP contribution in [0, 0.1) is 0 Å². The van der Waals surface area contributed by atoms with Crippen molar-refractivity contribution in [3.63, 3.8) is 0 Å². The fraction of sp³-hybridized carbons (Fsp3) is 0.200. The summed E-state index contributed by atoms with van der Waals surface area (Å²) in [4.78, 5) is 0. The summed E-state index contributed by atoms with van der Waals surface area (Å²) < 4.78 is 38.7. The van der Waals surface area contributed by atoms with Crippen LogP contribution in [0.15, 0.2) is 42.5 Å². The summed E-state index contributed by atoms with van der Waals surface area (Å²) in [5, 5.41) is 10.8. The molecular weight excluding hydrogens is 324 g/mol. The molecule has 0 heterocycles. The van der Waals surface area contributed by atoms with Crippen molar-refractivity contribution in [3.8, 4) is 0 Å². The maximum absolute atomic E-state index is 12.9. The standard InChI is InChI=1S/C15H11Cl2F3O/c16-12-6-5-9(7-13(12)17)8-14(21)10-3-1-2-4-11(10)15(18,19)20/h1-7,14,21H,8H2. The van der Waals surface area contributed by atoms with Gasteiger partial charge in [0.25, 0.3) is 0 Å². The van der Waals surface area contributed by atoms with Gasteiger partial charge in [-0.25, -0.2) is 0 Å². The number of hydrogen-bond donors (Lipinski definition) is 1. The zero-order valence-corrected chi connectivity index (χ0v) is 12.2. The number of aliphatic hydroxyl groups excluding tert-OH is 1. The molecule has 0 amide bonds. The maximum atomic E-state index is 12.9. The number of aliphatic hydroxyl groups is 1. The van der Waals surface area contributed by atoms with Crippen molar-refractivity contribution < 1.29 is 18.3 Å². The van der Waals surface area contributed by atoms with E-state index in [0.29, 0.717) is 15.6 Å². The van der Waals surface area contributed by atoms with Crippen LogP contribution in [0.3, 0.4) is 0 Å². The Labute approximate surface area is 129 Å². The maximum Gasteiger partial charge on any atom is 0.416 e. The van der Waals surface area contributed by atoms with Gasteiger partial charge in [-0.05, 0) is 29.3 Å². The summed E-state index contributed by atoms with van der Waals surface area (Å²) in [7, 11) is 0. The number of halogens is 5. The van der Waals surface area contributed by atoms with Crippen molar-refractivity contribution in [2.24, 2.45) is 0 Å². The fourth-order valence-corrected chi connectivity index (χ4v) is 2.37. The van der Waals surface area contributed by atoms with Crippen molar-refractivity contribution in [2.75, 3.05) is 0 Å². The van der Waals surface area contributed by atoms with Gasteiger partial charge in [0.15, 0.2) is 0 Å². The second-order valence-corrected chi connectivity index (χ2v) is 5.37. The monoisotopic (exact) mass is 334 g/mol. The Hall–Kier alpha value is -1.23. The fourth-order valence-electron chi connectivity index (χ4n) is 2.05. The summed E-state index contributed by atoms with van der Waals surface area (Å²) >= 11 is 11.6. The zero-order valence-electron chi connectivity index (χ0n) is 10.7. The summed E-state index contributed by atoms with van der Waals surface area (Å²) in [5.41, 5.74) is -0.387. The van der Waals surface area contributed by atoms with Gasteiger partial charge in [-0.2, -0.15) is 13.2 Å². The molecule has 0 aliphatic rings. The highest BCUT2D eigenvalue weighted by Gasteiger charge is 2.34. The minimum Gasteiger partial charge on any atom is -0.388 e. The van der Waals surface area contributed by atoms with Crippen molar-refractivity contribution in [1.29, 1.82) is 0 Å². The molecule has 1 nitrogen and oxygen atoms in total. The Balaban J connectivity index is 2.28. The molecule has 0 spiro atoms. The Kier molecular flexibility index (Phi) is 4.81. The molecule has 2 aromatic carbocycles. The zero-order chi connectivity index (χ0) is 15.6. The third-order valence-corrected chi connectivity index (χ3v) is 3.78. The number of hydrogen-bond acceptors (Lipinski definition) is 1. The van der Waals surface area contributed by atoms with E-state index in [2.05, 4.69) is 0 Å². The van der Waals surface area contributed by atoms with Crippen LogP contribution in [-0.4, -0.2) is 5.11 Å². The van der Waals surface area contributed by atoms with Crippen LogP contribution in [0.25, 0.3) is 0 Å². The molecule has 0 aromatic heterocycles. The summed E-state index contributed by atoms with van der Waals surface area (Å²) in [6.07, 6.45) is -5.76. The molecule has 0 fully saturated rings. The lowest BCUT2D eigenvalue weighted by Gasteiger charge is -2.17. The lowest BCUT2D eigenvalue weighted by atomic mass is 9.97. The Bertz CT molecular complexity index is 641. The smallest absolute Gasteiger partial charge is 0.388 e. The van der Waals surface area contributed by atoms with Crippen molar-refractivity contribution in [2.45, 2.75) is 18.7 Å². The molecule has 1 N–H and O–H groups in total. The molecule has 0 radical (unpaired) electrons. The first-order valence-electron chi connectivity index (χ1n) is 6.07. The molecule has 2 aromatic rings. The molecule has 0 saturated heterocycles. The molecule has 6 heteroatoms. The second kappa shape index (κ2) is 6.26. The summed E-state index contributed by atoms with van der Waals surface area (Å²) in [6, 6.07) is 9.66. The Morgan fingerprint density at radius 3 is 2.29 bits per heavy atom. The van der Waals surface area contributed by atoms with E-state index in [-0.39, 0.29) is 12.0 Å². The molecule has 1 atom stereocenters. The van der Waals surface area contributed by atoms with Gasteiger partial charge in [0.05, 0.1) is 21.7 Å². The van der Waals surface area contributed by atoms with Crippen LogP contribution in [0.1, 0.15) is 22.8 Å². The summed E-state index contributed by atoms with van der Waals surface area (Å²) in [5.74, 6) is 0. The van der Waals surface area contributed by atoms with Crippen LogP contribution in [-0.2, 0) is 12.6 Å². The van der Waals surface area contributed by atoms with Crippen LogP contribution in [0.5, 0.6) is 0 Å². The first-order chi connectivity index (χ1) is 9.79. The van der Waals surface area contributed by atoms with Gasteiger partial charge in [0.1, 0.15) is 0 Å². The van der Waals surface area contributed by atoms with E-state index in [0.717, 1.165) is 6.07 Å². The Morgan fingerprint density at radius 2 is 1.67 bits per heavy atom. The number of benzene rings is 2. The minimum atomic E-state index is -4.50. The van der Waals surface area contributed by atoms with E-state index in [1.165, 1.54) is 24.3 Å². The van der Waals surface area contributed by atoms with Gasteiger partial charge in [-0.1, -0.05) is 47.5 Å². The predicted molar refractivity (Wildman–Crippen MR) is 76.6 cm³/mol. The first-order valence-corrected chi connectivity index (χ1v) is 6.82. The van der Waals surface area contributed by atoms with Gasteiger partial charge >= 0.3 is 6.18 Å². The molecule has 0 saturated carbocycles. The van der Waals surface area contributed by atoms with E-state index in [4.69, 9.17) is 23.2 Å². The average molecular weight is 335 g/mol. The average Bonchev–Trinajstić information content (AvgIpc) is 2.42. The topological polar surface area (TPSA) is 20.2 Å². The van der Waals surface area contributed by atoms with Gasteiger partial charge in [0, 0.05) is 6.42 Å². The van der Waals surface area contributed by atoms with Crippen LogP contribution in [0.4, 0.5) is 13.2 Å². The van der Waals surface area contributed by atoms with Gasteiger partial charge < -0.3 is 5.11 Å². The number of alkyl halides is 3. The lowest BCUT2D eigenvalue weighted by Crippen LogP contribution is -2.13. The highest BCUT2D eigenvalue weighted by molar-refractivity contribution is 6.42. The Morgan fingerprint density at radius 1 is 1.00 bits per heavy atom. The highest BCUT2D eigenvalue weighted by Crippen LogP contribution is 2.35. The van der Waals surface area contributed by atoms with Crippen LogP contribution < -0.4 is 0 Å². The minimum absolute atomic E-state index is 0.0178. The van der Waals surface area contributed by atoms with Gasteiger partial charge in [-0.15, -0.1) is 0 Å². The molecule has 112 valence electrons. The van der Waals surface area contributed by atoms with E-state index >= 15 is 0 Å². The van der Waals surface area contributed by atoms with E-state index < -0.39 is 17.8 Å². The molecule has 0 bridgehead atoms. The molecule has 1 unspecified atom stereocenters. The normalized spacial score (nSPS) is 13.2. The SMILES string of the molecule is OC(Cc1ccc(Cl)c(Cl)c1)c1ccccc1C(F)(F)F. The molecule has 21 heavy (non-hydrogen) atoms. The van der Waals surface area contributed by atoms with Gasteiger partial charge in [0.2, 0.25) is 0 Å². The molecule has 2 rings (SSSR count). The second-order valence-electron chi connectivity index (χ2n) is 4.55. The van der Waals surface area contributed by atoms with Crippen molar-refractivity contribution >= 4 is 23.2 Å². The molecule has 0 aliphatic heterocycles. The lowest BCUT2D eigenvalue weighted by molar-refractivity contribution is -0.139. The largest absolute Gasteiger partial charge is 0.416 e. The van der Waals surface area contributed by atoms with E-state index in [1.807, 2.05) is 0 Å². The number of rotatable bonds is 3. The molecular formula is C15H11Cl2F3O. The molecule has 0 aliphatic carbocycles. The van der Waals surface area contributed by atoms with E-state index in [9.17, 15) is 18.3 Å². The third-order valence-electron chi connectivity index (χ3n) is 3.04. The van der Waals surface area contributed by atoms with Gasteiger partial charge in [-0.3, -0.25) is 0 Å². The quantitative estimate of drug-likeness (QED) is 0.808. The summed E-state index contributed by atoms with van der Waals surface area (Å²) in [6.45, 7) is 0. The van der Waals surface area contributed by atoms with Crippen LogP contribution >= 0.6 is 23.2 Å². The highest BCUT2D eigenvalue weighted by atomic mass is 35.5. The van der Waals surface area contributed by atoms with Crippen molar-refractivity contribution in [1.82, 2.24) is 0 Å². The van der Waals surface area contributed by atoms with Crippen molar-refractivity contribution in [3.05, 3.63) is 69.2 Å². The van der Waals surface area contributed by atoms with Crippen LogP contribution in [0.2, 0.25) is 10.0 Å². The predicted octanol–water partition coefficient (Wildman–Crippen LogP) is 5.29. The van der Waals surface area contributed by atoms with E-state index in [1.54, 1.807) is 12.1 Å².